The molecule has 0 heterocycles. The van der Waals surface area contributed by atoms with Crippen LogP contribution < -0.4 is 0 Å². The third-order valence-electron chi connectivity index (χ3n) is 4.60. The second kappa shape index (κ2) is 5.83. The van der Waals surface area contributed by atoms with Crippen molar-refractivity contribution in [2.45, 2.75) is 91.7 Å². The standard InChI is InChI=1S/C15H36NO2Si2/c1-13(2)16(17-19(9,10)14(3,4)5)18-20(11,12)15(6,7)8/h1-12H3/q+1. The van der Waals surface area contributed by atoms with Crippen molar-refractivity contribution in [2.75, 3.05) is 0 Å². The number of rotatable bonds is 4. The third-order valence-corrected chi connectivity index (χ3v) is 13.1. The molecular weight excluding hydrogens is 282 g/mol. The van der Waals surface area contributed by atoms with Crippen molar-refractivity contribution < 1.29 is 14.0 Å². The lowest BCUT2D eigenvalue weighted by molar-refractivity contribution is -0.923. The fourth-order valence-electron chi connectivity index (χ4n) is 0.890. The summed E-state index contributed by atoms with van der Waals surface area (Å²) in [6.45, 7) is 26.5. The molecular formula is C15H36NO2Si2+. The summed E-state index contributed by atoms with van der Waals surface area (Å²) >= 11 is 0. The molecule has 0 unspecified atom stereocenters. The van der Waals surface area contributed by atoms with Gasteiger partial charge in [-0.25, -0.2) is 0 Å². The first-order chi connectivity index (χ1) is 8.51. The van der Waals surface area contributed by atoms with Crippen molar-refractivity contribution in [3.8, 4) is 0 Å². The van der Waals surface area contributed by atoms with Crippen LogP contribution in [0.2, 0.25) is 36.3 Å². The van der Waals surface area contributed by atoms with Crippen LogP contribution in [-0.2, 0) is 9.05 Å². The van der Waals surface area contributed by atoms with Gasteiger partial charge in [-0.1, -0.05) is 41.5 Å². The molecule has 120 valence electrons. The van der Waals surface area contributed by atoms with Crippen molar-refractivity contribution in [3.63, 3.8) is 0 Å². The molecule has 0 aromatic heterocycles. The maximum atomic E-state index is 6.34. The number of hydrogen-bond donors (Lipinski definition) is 0. The highest BCUT2D eigenvalue weighted by molar-refractivity contribution is 6.74. The summed E-state index contributed by atoms with van der Waals surface area (Å²) < 4.78 is 12.7. The Kier molecular flexibility index (Phi) is 5.75. The van der Waals surface area contributed by atoms with Crippen LogP contribution in [0.1, 0.15) is 55.4 Å². The largest absolute Gasteiger partial charge is 0.351 e. The van der Waals surface area contributed by atoms with Crippen molar-refractivity contribution in [1.82, 2.24) is 0 Å². The minimum absolute atomic E-state index is 0.164. The summed E-state index contributed by atoms with van der Waals surface area (Å²) in [5, 5.41) is 0.328. The van der Waals surface area contributed by atoms with Gasteiger partial charge in [0, 0.05) is 13.8 Å². The monoisotopic (exact) mass is 318 g/mol. The van der Waals surface area contributed by atoms with E-state index in [-0.39, 0.29) is 10.1 Å². The van der Waals surface area contributed by atoms with Crippen molar-refractivity contribution in [3.05, 3.63) is 0 Å². The smallest absolute Gasteiger partial charge is 0.306 e. The van der Waals surface area contributed by atoms with Crippen LogP contribution in [-0.4, -0.2) is 27.2 Å². The molecule has 0 N–H and O–H groups in total. The Bertz CT molecular complexity index is 340. The van der Waals surface area contributed by atoms with Gasteiger partial charge in [-0.05, 0) is 36.3 Å². The van der Waals surface area contributed by atoms with Gasteiger partial charge in [0.1, 0.15) is 0 Å². The molecule has 0 atom stereocenters. The maximum Gasteiger partial charge on any atom is 0.351 e. The average molecular weight is 319 g/mol. The van der Waals surface area contributed by atoms with E-state index in [0.29, 0.717) is 0 Å². The van der Waals surface area contributed by atoms with E-state index in [9.17, 15) is 0 Å². The Hall–Kier alpha value is -0.296. The van der Waals surface area contributed by atoms with Crippen LogP contribution in [0.25, 0.3) is 0 Å². The molecule has 0 saturated carbocycles. The van der Waals surface area contributed by atoms with E-state index in [1.54, 1.807) is 4.90 Å². The molecule has 0 saturated heterocycles. The summed E-state index contributed by atoms with van der Waals surface area (Å²) in [5.41, 5.74) is 1.06. The van der Waals surface area contributed by atoms with Gasteiger partial charge in [-0.3, -0.25) is 0 Å². The van der Waals surface area contributed by atoms with Gasteiger partial charge >= 0.3 is 16.6 Å². The summed E-state index contributed by atoms with van der Waals surface area (Å²) in [6.07, 6.45) is 0. The van der Waals surface area contributed by atoms with Crippen molar-refractivity contribution >= 4 is 22.3 Å². The van der Waals surface area contributed by atoms with Gasteiger partial charge in [0.05, 0.1) is 0 Å². The highest BCUT2D eigenvalue weighted by Gasteiger charge is 2.49. The fourth-order valence-corrected chi connectivity index (χ4v) is 2.78. The van der Waals surface area contributed by atoms with Crippen LogP contribution in [0.15, 0.2) is 0 Å². The molecule has 0 aromatic rings. The first-order valence-corrected chi connectivity index (χ1v) is 13.3. The van der Waals surface area contributed by atoms with Crippen LogP contribution >= 0.6 is 0 Å². The molecule has 0 aromatic carbocycles. The van der Waals surface area contributed by atoms with Gasteiger partial charge in [-0.15, -0.1) is 0 Å². The summed E-state index contributed by atoms with van der Waals surface area (Å²) in [4.78, 5) is 1.72. The van der Waals surface area contributed by atoms with Gasteiger partial charge in [0.2, 0.25) is 0 Å². The molecule has 0 aliphatic carbocycles. The highest BCUT2D eigenvalue weighted by atomic mass is 28.4. The summed E-state index contributed by atoms with van der Waals surface area (Å²) in [5.74, 6) is 0. The first-order valence-electron chi connectivity index (χ1n) is 7.50. The van der Waals surface area contributed by atoms with E-state index >= 15 is 0 Å². The van der Waals surface area contributed by atoms with Gasteiger partial charge in [0.25, 0.3) is 5.71 Å². The molecule has 0 fully saturated rings. The second-order valence-corrected chi connectivity index (χ2v) is 18.3. The van der Waals surface area contributed by atoms with E-state index < -0.39 is 16.6 Å². The molecule has 0 aliphatic rings. The highest BCUT2D eigenvalue weighted by Crippen LogP contribution is 2.39. The SMILES string of the molecule is CC(C)=[N+](O[Si](C)(C)C(C)(C)C)O[Si](C)(C)C(C)(C)C. The Balaban J connectivity index is 5.32. The average Bonchev–Trinajstić information content (AvgIpc) is 2.11. The fraction of sp³-hybridized carbons (Fsp3) is 0.933. The van der Waals surface area contributed by atoms with Crippen LogP contribution in [0.4, 0.5) is 0 Å². The zero-order valence-corrected chi connectivity index (χ0v) is 17.8. The first kappa shape index (κ1) is 19.7. The lowest BCUT2D eigenvalue weighted by atomic mass is 10.2. The van der Waals surface area contributed by atoms with Crippen molar-refractivity contribution in [2.24, 2.45) is 0 Å². The van der Waals surface area contributed by atoms with Crippen LogP contribution in [0.5, 0.6) is 0 Å². The molecule has 0 amide bonds. The Labute approximate surface area is 128 Å². The minimum atomic E-state index is -1.89. The maximum absolute atomic E-state index is 6.34. The van der Waals surface area contributed by atoms with Gasteiger partial charge in [-0.2, -0.15) is 0 Å². The van der Waals surface area contributed by atoms with Gasteiger partial charge in [0.15, 0.2) is 4.90 Å². The predicted octanol–water partition coefficient (Wildman–Crippen LogP) is 5.35. The van der Waals surface area contributed by atoms with E-state index in [1.807, 2.05) is 13.8 Å². The number of nitrogens with zero attached hydrogens (tertiary/aromatic N) is 1. The third kappa shape index (κ3) is 4.91. The van der Waals surface area contributed by atoms with E-state index in [4.69, 9.17) is 9.05 Å². The second-order valence-electron chi connectivity index (χ2n) is 8.91. The Morgan fingerprint density at radius 1 is 0.700 bits per heavy atom. The van der Waals surface area contributed by atoms with Crippen LogP contribution in [0.3, 0.4) is 0 Å². The lowest BCUT2D eigenvalue weighted by Gasteiger charge is -2.35. The molecule has 0 rings (SSSR count). The zero-order valence-electron chi connectivity index (χ0n) is 15.8. The predicted molar refractivity (Wildman–Crippen MR) is 93.2 cm³/mol. The molecule has 0 radical (unpaired) electrons. The van der Waals surface area contributed by atoms with Gasteiger partial charge < -0.3 is 9.05 Å². The normalized spacial score (nSPS) is 14.0. The summed E-state index contributed by atoms with van der Waals surface area (Å²) in [7, 11) is -3.77. The minimum Gasteiger partial charge on any atom is -0.306 e. The van der Waals surface area contributed by atoms with E-state index in [0.717, 1.165) is 5.71 Å². The quantitative estimate of drug-likeness (QED) is 0.396. The molecule has 0 aliphatic heterocycles. The van der Waals surface area contributed by atoms with E-state index in [1.165, 1.54) is 0 Å². The summed E-state index contributed by atoms with van der Waals surface area (Å²) in [6, 6.07) is 0. The Morgan fingerprint density at radius 3 is 1.10 bits per heavy atom. The number of hydrogen-bond acceptors (Lipinski definition) is 2. The lowest BCUT2D eigenvalue weighted by Crippen LogP contribution is -2.50. The van der Waals surface area contributed by atoms with E-state index in [2.05, 4.69) is 67.7 Å². The molecule has 20 heavy (non-hydrogen) atoms. The molecule has 0 bridgehead atoms. The zero-order chi connectivity index (χ0) is 16.6. The molecule has 0 spiro atoms. The molecule has 5 heteroatoms. The van der Waals surface area contributed by atoms with Crippen LogP contribution in [0, 0.1) is 0 Å². The topological polar surface area (TPSA) is 21.5 Å². The van der Waals surface area contributed by atoms with Crippen molar-refractivity contribution in [1.29, 1.82) is 0 Å². The Morgan fingerprint density at radius 2 is 0.950 bits per heavy atom. The molecule has 3 nitrogen and oxygen atoms in total.